The Kier molecular flexibility index (Phi) is 6.95. The molecule has 0 saturated carbocycles. The van der Waals surface area contributed by atoms with Crippen LogP contribution in [-0.4, -0.2) is 0 Å². The predicted octanol–water partition coefficient (Wildman–Crippen LogP) is 7.61. The van der Waals surface area contributed by atoms with Gasteiger partial charge in [-0.3, -0.25) is 0 Å². The van der Waals surface area contributed by atoms with Crippen LogP contribution in [0.3, 0.4) is 0 Å². The van der Waals surface area contributed by atoms with E-state index in [0.29, 0.717) is 13.2 Å². The summed E-state index contributed by atoms with van der Waals surface area (Å²) in [6.07, 6.45) is 0. The molecule has 27 heavy (non-hydrogen) atoms. The molecule has 140 valence electrons. The highest BCUT2D eigenvalue weighted by molar-refractivity contribution is 9.11. The molecule has 0 fully saturated rings. The number of hydrogen-bond acceptors (Lipinski definition) is 2. The Labute approximate surface area is 183 Å². The van der Waals surface area contributed by atoms with Crippen LogP contribution in [0.1, 0.15) is 16.7 Å². The quantitative estimate of drug-likeness (QED) is 0.337. The number of anilines is 1. The normalized spacial score (nSPS) is 10.7. The van der Waals surface area contributed by atoms with Crippen LogP contribution in [0.2, 0.25) is 0 Å². The molecule has 3 aromatic rings. The Morgan fingerprint density at radius 3 is 2.52 bits per heavy atom. The average Bonchev–Trinajstić information content (AvgIpc) is 2.60. The van der Waals surface area contributed by atoms with E-state index in [0.717, 1.165) is 41.5 Å². The lowest BCUT2D eigenvalue weighted by atomic mass is 10.1. The van der Waals surface area contributed by atoms with Crippen molar-refractivity contribution in [2.75, 3.05) is 5.32 Å². The second-order valence-corrected chi connectivity index (χ2v) is 8.79. The van der Waals surface area contributed by atoms with Crippen LogP contribution in [0, 0.1) is 12.7 Å². The van der Waals surface area contributed by atoms with Gasteiger partial charge in [-0.05, 0) is 76.4 Å². The maximum Gasteiger partial charge on any atom is 0.139 e. The van der Waals surface area contributed by atoms with Crippen LogP contribution in [-0.2, 0) is 13.2 Å². The summed E-state index contributed by atoms with van der Waals surface area (Å²) in [5, 5.41) is 3.46. The third-order valence-corrected chi connectivity index (χ3v) is 5.56. The van der Waals surface area contributed by atoms with Gasteiger partial charge in [0.1, 0.15) is 18.2 Å². The fourth-order valence-corrected chi connectivity index (χ4v) is 4.61. The molecule has 0 aliphatic rings. The predicted molar refractivity (Wildman–Crippen MR) is 119 cm³/mol. The molecule has 0 unspecified atom stereocenters. The van der Waals surface area contributed by atoms with E-state index in [-0.39, 0.29) is 5.82 Å². The Balaban J connectivity index is 1.79. The van der Waals surface area contributed by atoms with Gasteiger partial charge < -0.3 is 10.1 Å². The highest BCUT2D eigenvalue weighted by Gasteiger charge is 2.12. The monoisotopic (exact) mass is 555 g/mol. The maximum absolute atomic E-state index is 13.4. The summed E-state index contributed by atoms with van der Waals surface area (Å²) in [5.74, 6) is 0.475. The van der Waals surface area contributed by atoms with E-state index in [2.05, 4.69) is 66.1 Å². The summed E-state index contributed by atoms with van der Waals surface area (Å²) in [6.45, 7) is 2.95. The number of benzene rings is 3. The van der Waals surface area contributed by atoms with E-state index in [9.17, 15) is 4.39 Å². The van der Waals surface area contributed by atoms with Crippen LogP contribution in [0.25, 0.3) is 0 Å². The molecule has 0 saturated heterocycles. The number of aryl methyl sites for hydroxylation is 1. The number of hydrogen-bond donors (Lipinski definition) is 1. The first-order chi connectivity index (χ1) is 12.9. The molecule has 0 spiro atoms. The molecule has 0 bridgehead atoms. The van der Waals surface area contributed by atoms with E-state index in [1.54, 1.807) is 6.07 Å². The molecule has 0 aromatic heterocycles. The number of halogens is 4. The zero-order valence-electron chi connectivity index (χ0n) is 14.5. The Bertz CT molecular complexity index is 962. The average molecular weight is 558 g/mol. The Morgan fingerprint density at radius 2 is 1.78 bits per heavy atom. The molecule has 3 rings (SSSR count). The van der Waals surface area contributed by atoms with Crippen LogP contribution >= 0.6 is 47.8 Å². The molecule has 0 aliphatic heterocycles. The zero-order chi connectivity index (χ0) is 19.4. The van der Waals surface area contributed by atoms with Gasteiger partial charge in [0.2, 0.25) is 0 Å². The van der Waals surface area contributed by atoms with E-state index in [1.165, 1.54) is 12.1 Å². The minimum absolute atomic E-state index is 0.265. The second-order valence-electron chi connectivity index (χ2n) is 6.11. The number of nitrogens with one attached hydrogen (secondary N) is 1. The lowest BCUT2D eigenvalue weighted by Crippen LogP contribution is -2.05. The van der Waals surface area contributed by atoms with Crippen molar-refractivity contribution in [2.24, 2.45) is 0 Å². The lowest BCUT2D eigenvalue weighted by Gasteiger charge is -2.16. The summed E-state index contributed by atoms with van der Waals surface area (Å²) < 4.78 is 22.3. The van der Waals surface area contributed by atoms with E-state index in [1.807, 2.05) is 30.3 Å². The van der Waals surface area contributed by atoms with E-state index in [4.69, 9.17) is 4.74 Å². The molecular weight excluding hydrogens is 541 g/mol. The summed E-state index contributed by atoms with van der Waals surface area (Å²) in [6, 6.07) is 16.5. The number of ether oxygens (including phenoxy) is 1. The molecule has 0 atom stereocenters. The standard InChI is InChI=1S/C21H17Br3FNO/c1-13-7-16(22)5-6-20(13)26-11-15-9-17(23)10-19(24)21(15)27-12-14-3-2-4-18(25)8-14/h2-10,26H,11-12H2,1H3. The van der Waals surface area contributed by atoms with Crippen LogP contribution in [0.15, 0.2) is 68.0 Å². The van der Waals surface area contributed by atoms with E-state index >= 15 is 0 Å². The van der Waals surface area contributed by atoms with Crippen molar-refractivity contribution in [1.29, 1.82) is 0 Å². The fourth-order valence-electron chi connectivity index (χ4n) is 2.70. The molecule has 2 nitrogen and oxygen atoms in total. The molecular formula is C21H17Br3FNO. The molecule has 6 heteroatoms. The largest absolute Gasteiger partial charge is 0.487 e. The third kappa shape index (κ3) is 5.56. The molecule has 0 amide bonds. The molecule has 3 aromatic carbocycles. The van der Waals surface area contributed by atoms with E-state index < -0.39 is 0 Å². The summed E-state index contributed by atoms with van der Waals surface area (Å²) >= 11 is 10.6. The van der Waals surface area contributed by atoms with Crippen molar-refractivity contribution < 1.29 is 9.13 Å². The van der Waals surface area contributed by atoms with Crippen molar-refractivity contribution in [2.45, 2.75) is 20.1 Å². The smallest absolute Gasteiger partial charge is 0.139 e. The summed E-state index contributed by atoms with van der Waals surface area (Å²) in [5.41, 5.74) is 3.99. The third-order valence-electron chi connectivity index (χ3n) is 4.02. The maximum atomic E-state index is 13.4. The Hall–Kier alpha value is -1.37. The van der Waals surface area contributed by atoms with Crippen LogP contribution < -0.4 is 10.1 Å². The molecule has 0 aliphatic carbocycles. The van der Waals surface area contributed by atoms with Crippen LogP contribution in [0.5, 0.6) is 5.75 Å². The van der Waals surface area contributed by atoms with Crippen molar-refractivity contribution in [1.82, 2.24) is 0 Å². The molecule has 1 N–H and O–H groups in total. The van der Waals surface area contributed by atoms with Gasteiger partial charge in [-0.15, -0.1) is 0 Å². The molecule has 0 heterocycles. The van der Waals surface area contributed by atoms with Gasteiger partial charge in [0.15, 0.2) is 0 Å². The molecule has 0 radical (unpaired) electrons. The van der Waals surface area contributed by atoms with Crippen molar-refractivity contribution in [3.63, 3.8) is 0 Å². The van der Waals surface area contributed by atoms with Gasteiger partial charge >= 0.3 is 0 Å². The lowest BCUT2D eigenvalue weighted by molar-refractivity contribution is 0.300. The van der Waals surface area contributed by atoms with Gasteiger partial charge in [-0.1, -0.05) is 44.0 Å². The zero-order valence-corrected chi connectivity index (χ0v) is 19.3. The second kappa shape index (κ2) is 9.22. The highest BCUT2D eigenvalue weighted by atomic mass is 79.9. The fraction of sp³-hybridized carbons (Fsp3) is 0.143. The topological polar surface area (TPSA) is 21.3 Å². The number of rotatable bonds is 6. The minimum atomic E-state index is -0.265. The van der Waals surface area contributed by atoms with Crippen LogP contribution in [0.4, 0.5) is 10.1 Å². The van der Waals surface area contributed by atoms with Crippen molar-refractivity contribution in [3.8, 4) is 5.75 Å². The summed E-state index contributed by atoms with van der Waals surface area (Å²) in [7, 11) is 0. The van der Waals surface area contributed by atoms with Crippen molar-refractivity contribution in [3.05, 3.63) is 90.5 Å². The van der Waals surface area contributed by atoms with Gasteiger partial charge in [-0.2, -0.15) is 0 Å². The summed E-state index contributed by atoms with van der Waals surface area (Å²) in [4.78, 5) is 0. The first-order valence-corrected chi connectivity index (χ1v) is 10.7. The first-order valence-electron chi connectivity index (χ1n) is 8.27. The van der Waals surface area contributed by atoms with Gasteiger partial charge in [0.05, 0.1) is 4.47 Å². The van der Waals surface area contributed by atoms with Gasteiger partial charge in [0, 0.05) is 26.7 Å². The first kappa shape index (κ1) is 20.4. The van der Waals surface area contributed by atoms with Gasteiger partial charge in [-0.25, -0.2) is 4.39 Å². The SMILES string of the molecule is Cc1cc(Br)ccc1NCc1cc(Br)cc(Br)c1OCc1cccc(F)c1. The Morgan fingerprint density at radius 1 is 0.963 bits per heavy atom. The van der Waals surface area contributed by atoms with Gasteiger partial charge in [0.25, 0.3) is 0 Å². The minimum Gasteiger partial charge on any atom is -0.487 e. The highest BCUT2D eigenvalue weighted by Crippen LogP contribution is 2.34. The van der Waals surface area contributed by atoms with Crippen molar-refractivity contribution >= 4 is 53.5 Å².